The van der Waals surface area contributed by atoms with Gasteiger partial charge in [0.25, 0.3) is 0 Å². The van der Waals surface area contributed by atoms with Crippen LogP contribution < -0.4 is 0 Å². The van der Waals surface area contributed by atoms with E-state index in [1.807, 2.05) is 18.2 Å². The Morgan fingerprint density at radius 1 is 1.33 bits per heavy atom. The predicted octanol–water partition coefficient (Wildman–Crippen LogP) is 3.17. The van der Waals surface area contributed by atoms with Crippen LogP contribution in [-0.4, -0.2) is 13.1 Å². The number of carbonyl (C=O) groups excluding carboxylic acids is 1. The Morgan fingerprint density at radius 2 is 2.00 bits per heavy atom. The van der Waals surface area contributed by atoms with Gasteiger partial charge in [-0.15, -0.1) is 0 Å². The van der Waals surface area contributed by atoms with E-state index in [1.54, 1.807) is 0 Å². The van der Waals surface area contributed by atoms with Gasteiger partial charge in [0.05, 0.1) is 13.0 Å². The zero-order chi connectivity index (χ0) is 10.8. The van der Waals surface area contributed by atoms with Crippen molar-refractivity contribution in [1.29, 1.82) is 0 Å². The molecule has 0 heterocycles. The number of carbonyl (C=O) groups is 1. The predicted molar refractivity (Wildman–Crippen MR) is 62.1 cm³/mol. The molecule has 2 nitrogen and oxygen atoms in total. The van der Waals surface area contributed by atoms with Crippen LogP contribution in [0.2, 0.25) is 0 Å². The fraction of sp³-hybridized carbons (Fsp3) is 0.417. The van der Waals surface area contributed by atoms with Crippen LogP contribution >= 0.6 is 15.9 Å². The zero-order valence-electron chi connectivity index (χ0n) is 8.57. The molecule has 0 N–H and O–H groups in total. The summed E-state index contributed by atoms with van der Waals surface area (Å²) in [4.78, 5) is 12.0. The van der Waals surface area contributed by atoms with Crippen LogP contribution in [0.1, 0.15) is 34.7 Å². The van der Waals surface area contributed by atoms with Crippen molar-refractivity contribution in [3.63, 3.8) is 0 Å². The number of benzene rings is 1. The van der Waals surface area contributed by atoms with Crippen LogP contribution in [0.15, 0.2) is 24.3 Å². The van der Waals surface area contributed by atoms with Crippen LogP contribution in [0.25, 0.3) is 0 Å². The van der Waals surface area contributed by atoms with Gasteiger partial charge in [-0.05, 0) is 24.0 Å². The van der Waals surface area contributed by atoms with E-state index in [9.17, 15) is 4.79 Å². The molecule has 2 rings (SSSR count). The molecule has 2 unspecified atom stereocenters. The van der Waals surface area contributed by atoms with Gasteiger partial charge in [0, 0.05) is 4.83 Å². The van der Waals surface area contributed by atoms with Gasteiger partial charge in [0.15, 0.2) is 0 Å². The maximum Gasteiger partial charge on any atom is 0.313 e. The molecule has 1 aliphatic carbocycles. The Labute approximate surface area is 97.8 Å². The molecule has 0 amide bonds. The number of hydrogen-bond donors (Lipinski definition) is 0. The first-order chi connectivity index (χ1) is 7.24. The summed E-state index contributed by atoms with van der Waals surface area (Å²) in [5, 5.41) is 0. The van der Waals surface area contributed by atoms with Crippen molar-refractivity contribution in [1.82, 2.24) is 0 Å². The van der Waals surface area contributed by atoms with Crippen molar-refractivity contribution in [3.05, 3.63) is 35.4 Å². The molecule has 0 fully saturated rings. The smallest absolute Gasteiger partial charge is 0.313 e. The highest BCUT2D eigenvalue weighted by molar-refractivity contribution is 9.09. The van der Waals surface area contributed by atoms with E-state index in [1.165, 1.54) is 12.7 Å². The molecule has 2 atom stereocenters. The first kappa shape index (κ1) is 10.7. The van der Waals surface area contributed by atoms with Crippen LogP contribution in [0.4, 0.5) is 0 Å². The topological polar surface area (TPSA) is 26.3 Å². The van der Waals surface area contributed by atoms with Crippen LogP contribution in [0.3, 0.4) is 0 Å². The van der Waals surface area contributed by atoms with E-state index in [2.05, 4.69) is 22.0 Å². The van der Waals surface area contributed by atoms with Gasteiger partial charge in [0.1, 0.15) is 0 Å². The van der Waals surface area contributed by atoms with Crippen molar-refractivity contribution >= 4 is 21.9 Å². The highest BCUT2D eigenvalue weighted by Crippen LogP contribution is 2.42. The molecule has 0 radical (unpaired) electrons. The Morgan fingerprint density at radius 3 is 2.67 bits per heavy atom. The summed E-state index contributed by atoms with van der Waals surface area (Å²) < 4.78 is 4.83. The van der Waals surface area contributed by atoms with E-state index < -0.39 is 0 Å². The summed E-state index contributed by atoms with van der Waals surface area (Å²) in [7, 11) is 1.45. The average Bonchev–Trinajstić information content (AvgIpc) is 2.29. The fourth-order valence-corrected chi connectivity index (χ4v) is 2.81. The maximum atomic E-state index is 11.6. The molecule has 15 heavy (non-hydrogen) atoms. The summed E-state index contributed by atoms with van der Waals surface area (Å²) in [5.41, 5.74) is 2.33. The molecule has 0 saturated heterocycles. The Bertz CT molecular complexity index is 376. The van der Waals surface area contributed by atoms with Gasteiger partial charge < -0.3 is 4.74 Å². The third-order valence-corrected chi connectivity index (χ3v) is 3.85. The third kappa shape index (κ3) is 1.93. The lowest BCUT2D eigenvalue weighted by Crippen LogP contribution is -2.20. The van der Waals surface area contributed by atoms with Crippen LogP contribution in [-0.2, 0) is 9.53 Å². The van der Waals surface area contributed by atoms with Crippen molar-refractivity contribution in [3.8, 4) is 0 Å². The lowest BCUT2D eigenvalue weighted by atomic mass is 9.83. The fourth-order valence-electron chi connectivity index (χ4n) is 2.12. The van der Waals surface area contributed by atoms with E-state index >= 15 is 0 Å². The summed E-state index contributed by atoms with van der Waals surface area (Å²) >= 11 is 3.63. The Balaban J connectivity index is 2.40. The molecular formula is C12H13BrO2. The molecule has 0 aliphatic heterocycles. The minimum atomic E-state index is -0.123. The molecule has 3 heteroatoms. The average molecular weight is 269 g/mol. The van der Waals surface area contributed by atoms with Crippen molar-refractivity contribution in [2.24, 2.45) is 0 Å². The van der Waals surface area contributed by atoms with E-state index in [0.29, 0.717) is 4.83 Å². The maximum absolute atomic E-state index is 11.6. The first-order valence-corrected chi connectivity index (χ1v) is 5.96. The molecule has 0 spiro atoms. The Hall–Kier alpha value is -0.830. The number of halogens is 1. The second-order valence-corrected chi connectivity index (χ2v) is 4.85. The quantitative estimate of drug-likeness (QED) is 0.578. The zero-order valence-corrected chi connectivity index (χ0v) is 10.2. The summed E-state index contributed by atoms with van der Waals surface area (Å²) in [6.07, 6.45) is 1.84. The molecule has 0 saturated carbocycles. The summed E-state index contributed by atoms with van der Waals surface area (Å²) in [5.74, 6) is -0.207. The SMILES string of the molecule is COC(=O)C1CCC(Br)c2ccccc21. The lowest BCUT2D eigenvalue weighted by Gasteiger charge is -2.26. The number of rotatable bonds is 1. The highest BCUT2D eigenvalue weighted by Gasteiger charge is 2.30. The minimum absolute atomic E-state index is 0.0833. The molecule has 1 aliphatic rings. The van der Waals surface area contributed by atoms with Gasteiger partial charge in [-0.3, -0.25) is 4.79 Å². The summed E-state index contributed by atoms with van der Waals surface area (Å²) in [6, 6.07) is 8.07. The van der Waals surface area contributed by atoms with Gasteiger partial charge in [-0.25, -0.2) is 0 Å². The van der Waals surface area contributed by atoms with E-state index in [4.69, 9.17) is 4.74 Å². The number of alkyl halides is 1. The first-order valence-electron chi connectivity index (χ1n) is 5.04. The third-order valence-electron chi connectivity index (χ3n) is 2.90. The number of methoxy groups -OCH3 is 1. The number of hydrogen-bond acceptors (Lipinski definition) is 2. The lowest BCUT2D eigenvalue weighted by molar-refractivity contribution is -0.142. The largest absolute Gasteiger partial charge is 0.469 e. The van der Waals surface area contributed by atoms with E-state index in [0.717, 1.165) is 18.4 Å². The molecule has 1 aromatic carbocycles. The summed E-state index contributed by atoms with van der Waals surface area (Å²) in [6.45, 7) is 0. The monoisotopic (exact) mass is 268 g/mol. The second kappa shape index (κ2) is 4.35. The number of esters is 1. The van der Waals surface area contributed by atoms with Crippen molar-refractivity contribution < 1.29 is 9.53 Å². The second-order valence-electron chi connectivity index (χ2n) is 3.75. The normalized spacial score (nSPS) is 24.4. The number of fused-ring (bicyclic) bond motifs is 1. The van der Waals surface area contributed by atoms with E-state index in [-0.39, 0.29) is 11.9 Å². The van der Waals surface area contributed by atoms with Crippen LogP contribution in [0.5, 0.6) is 0 Å². The Kier molecular flexibility index (Phi) is 3.10. The molecular weight excluding hydrogens is 256 g/mol. The molecule has 1 aromatic rings. The van der Waals surface area contributed by atoms with Crippen molar-refractivity contribution in [2.45, 2.75) is 23.6 Å². The minimum Gasteiger partial charge on any atom is -0.469 e. The van der Waals surface area contributed by atoms with Crippen molar-refractivity contribution in [2.75, 3.05) is 7.11 Å². The molecule has 0 aromatic heterocycles. The van der Waals surface area contributed by atoms with Gasteiger partial charge in [0.2, 0.25) is 0 Å². The molecule has 0 bridgehead atoms. The van der Waals surface area contributed by atoms with Gasteiger partial charge in [-0.1, -0.05) is 40.2 Å². The number of ether oxygens (including phenoxy) is 1. The standard InChI is InChI=1S/C12H13BrO2/c1-15-12(14)10-6-7-11(13)9-5-3-2-4-8(9)10/h2-5,10-11H,6-7H2,1H3. The van der Waals surface area contributed by atoms with Gasteiger partial charge >= 0.3 is 5.97 Å². The highest BCUT2D eigenvalue weighted by atomic mass is 79.9. The van der Waals surface area contributed by atoms with Gasteiger partial charge in [-0.2, -0.15) is 0 Å². The molecule has 80 valence electrons. The van der Waals surface area contributed by atoms with Crippen LogP contribution in [0, 0.1) is 0 Å².